The second-order valence-electron chi connectivity index (χ2n) is 6.99. The number of rotatable bonds is 7. The van der Waals surface area contributed by atoms with Crippen molar-refractivity contribution in [2.45, 2.75) is 12.8 Å². The molecule has 0 aliphatic carbocycles. The van der Waals surface area contributed by atoms with E-state index < -0.39 is 11.9 Å². The standard InChI is InChI=1S/C22H19N5O4S2/c1-30-17-12-14(6-7-16(17)31-20(29)18-5-4-10-32-18)11-15(13-23)19(28)24-21-25-26-22(33-21)27-8-2-3-9-27/h4-7,10-12H,2-3,8-9H2,1H3,(H,24,25,28)/b15-11-. The van der Waals surface area contributed by atoms with Crippen molar-refractivity contribution in [3.63, 3.8) is 0 Å². The summed E-state index contributed by atoms with van der Waals surface area (Å²) in [6.45, 7) is 1.85. The second kappa shape index (κ2) is 10.2. The molecule has 0 saturated carbocycles. The Morgan fingerprint density at radius 1 is 1.21 bits per heavy atom. The highest BCUT2D eigenvalue weighted by molar-refractivity contribution is 7.19. The monoisotopic (exact) mass is 481 g/mol. The molecule has 168 valence electrons. The molecule has 0 radical (unpaired) electrons. The summed E-state index contributed by atoms with van der Waals surface area (Å²) in [6.07, 6.45) is 3.64. The highest BCUT2D eigenvalue weighted by Gasteiger charge is 2.19. The molecule has 3 heterocycles. The van der Waals surface area contributed by atoms with Crippen LogP contribution in [-0.4, -0.2) is 42.3 Å². The lowest BCUT2D eigenvalue weighted by Gasteiger charge is -2.10. The smallest absolute Gasteiger partial charge is 0.353 e. The molecular formula is C22H19N5O4S2. The number of nitrogens with one attached hydrogen (secondary N) is 1. The van der Waals surface area contributed by atoms with E-state index in [2.05, 4.69) is 20.4 Å². The van der Waals surface area contributed by atoms with Crippen LogP contribution in [0.25, 0.3) is 6.08 Å². The molecule has 1 saturated heterocycles. The summed E-state index contributed by atoms with van der Waals surface area (Å²) in [4.78, 5) is 27.4. The van der Waals surface area contributed by atoms with Crippen LogP contribution in [-0.2, 0) is 4.79 Å². The summed E-state index contributed by atoms with van der Waals surface area (Å²) in [6, 6.07) is 10.1. The van der Waals surface area contributed by atoms with Crippen molar-refractivity contribution < 1.29 is 19.1 Å². The Morgan fingerprint density at radius 2 is 2.03 bits per heavy atom. The minimum atomic E-state index is -0.589. The van der Waals surface area contributed by atoms with Gasteiger partial charge >= 0.3 is 5.97 Å². The Hall–Kier alpha value is -3.75. The summed E-state index contributed by atoms with van der Waals surface area (Å²) in [5.41, 5.74) is 0.419. The van der Waals surface area contributed by atoms with Crippen LogP contribution in [0.2, 0.25) is 0 Å². The molecule has 1 N–H and O–H groups in total. The minimum absolute atomic E-state index is 0.113. The van der Waals surface area contributed by atoms with Crippen LogP contribution >= 0.6 is 22.7 Å². The first-order valence-electron chi connectivity index (χ1n) is 10.0. The first-order valence-corrected chi connectivity index (χ1v) is 11.7. The van der Waals surface area contributed by atoms with Crippen molar-refractivity contribution in [2.75, 3.05) is 30.4 Å². The highest BCUT2D eigenvalue weighted by atomic mass is 32.1. The number of esters is 1. The summed E-state index contributed by atoms with van der Waals surface area (Å²) in [5, 5.41) is 23.1. The van der Waals surface area contributed by atoms with Crippen molar-refractivity contribution in [3.05, 3.63) is 51.7 Å². The van der Waals surface area contributed by atoms with Crippen molar-refractivity contribution >= 4 is 50.9 Å². The van der Waals surface area contributed by atoms with Gasteiger partial charge in [0.2, 0.25) is 10.3 Å². The summed E-state index contributed by atoms with van der Waals surface area (Å²) >= 11 is 2.55. The molecule has 4 rings (SSSR count). The van der Waals surface area contributed by atoms with E-state index in [0.29, 0.717) is 21.3 Å². The van der Waals surface area contributed by atoms with Crippen LogP contribution < -0.4 is 19.7 Å². The number of nitriles is 1. The summed E-state index contributed by atoms with van der Waals surface area (Å²) in [5.74, 6) is -0.548. The third-order valence-corrected chi connectivity index (χ3v) is 6.55. The first-order chi connectivity index (χ1) is 16.1. The number of aromatic nitrogens is 2. The number of anilines is 2. The molecule has 33 heavy (non-hydrogen) atoms. The van der Waals surface area contributed by atoms with Gasteiger partial charge in [-0.1, -0.05) is 23.5 Å². The highest BCUT2D eigenvalue weighted by Crippen LogP contribution is 2.31. The SMILES string of the molecule is COc1cc(/C=C(/C#N)C(=O)Nc2nnc(N3CCCC3)s2)ccc1OC(=O)c1cccs1. The minimum Gasteiger partial charge on any atom is -0.493 e. The van der Waals surface area contributed by atoms with Crippen LogP contribution in [0.15, 0.2) is 41.3 Å². The number of ether oxygens (including phenoxy) is 2. The second-order valence-corrected chi connectivity index (χ2v) is 8.89. The predicted octanol–water partition coefficient (Wildman–Crippen LogP) is 3.97. The van der Waals surface area contributed by atoms with Crippen LogP contribution in [0.5, 0.6) is 11.5 Å². The number of amides is 1. The van der Waals surface area contributed by atoms with Gasteiger partial charge in [0.25, 0.3) is 5.91 Å². The molecule has 1 amide bonds. The maximum absolute atomic E-state index is 12.6. The lowest BCUT2D eigenvalue weighted by molar-refractivity contribution is -0.112. The van der Waals surface area contributed by atoms with E-state index in [9.17, 15) is 14.9 Å². The Kier molecular flexibility index (Phi) is 6.97. The topological polar surface area (TPSA) is 117 Å². The Labute approximate surface area is 197 Å². The average molecular weight is 482 g/mol. The molecule has 0 unspecified atom stereocenters. The van der Waals surface area contributed by atoms with Crippen molar-refractivity contribution in [1.82, 2.24) is 10.2 Å². The van der Waals surface area contributed by atoms with Crippen LogP contribution in [0.1, 0.15) is 28.1 Å². The number of nitrogens with zero attached hydrogens (tertiary/aromatic N) is 4. The lowest BCUT2D eigenvalue weighted by Crippen LogP contribution is -2.17. The largest absolute Gasteiger partial charge is 0.493 e. The maximum atomic E-state index is 12.6. The van der Waals surface area contributed by atoms with Crippen molar-refractivity contribution in [2.24, 2.45) is 0 Å². The third kappa shape index (κ3) is 5.36. The van der Waals surface area contributed by atoms with E-state index in [1.807, 2.05) is 6.07 Å². The van der Waals surface area contributed by atoms with Crippen molar-refractivity contribution in [3.8, 4) is 17.6 Å². The van der Waals surface area contributed by atoms with Gasteiger partial charge in [0.15, 0.2) is 11.5 Å². The lowest BCUT2D eigenvalue weighted by atomic mass is 10.1. The van der Waals surface area contributed by atoms with Gasteiger partial charge in [0.05, 0.1) is 7.11 Å². The Morgan fingerprint density at radius 3 is 2.73 bits per heavy atom. The fraction of sp³-hybridized carbons (Fsp3) is 0.227. The molecular weight excluding hydrogens is 462 g/mol. The third-order valence-electron chi connectivity index (χ3n) is 4.80. The van der Waals surface area contributed by atoms with Crippen molar-refractivity contribution in [1.29, 1.82) is 5.26 Å². The summed E-state index contributed by atoms with van der Waals surface area (Å²) < 4.78 is 10.7. The molecule has 11 heteroatoms. The van der Waals surface area contributed by atoms with E-state index in [4.69, 9.17) is 9.47 Å². The van der Waals surface area contributed by atoms with Crippen LogP contribution in [0, 0.1) is 11.3 Å². The molecule has 1 aliphatic heterocycles. The quantitative estimate of drug-likeness (QED) is 0.233. The maximum Gasteiger partial charge on any atom is 0.353 e. The number of hydrogen-bond donors (Lipinski definition) is 1. The van der Waals surface area contributed by atoms with E-state index in [0.717, 1.165) is 31.1 Å². The van der Waals surface area contributed by atoms with E-state index in [1.54, 1.807) is 35.7 Å². The number of methoxy groups -OCH3 is 1. The molecule has 9 nitrogen and oxygen atoms in total. The number of carbonyl (C=O) groups is 2. The van der Waals surface area contributed by atoms with Gasteiger partial charge in [-0.25, -0.2) is 4.79 Å². The number of benzene rings is 1. The van der Waals surface area contributed by atoms with Gasteiger partial charge in [0.1, 0.15) is 16.5 Å². The van der Waals surface area contributed by atoms with E-state index in [1.165, 1.54) is 35.9 Å². The molecule has 1 aliphatic rings. The van der Waals surface area contributed by atoms with Crippen LogP contribution in [0.3, 0.4) is 0 Å². The normalized spacial score (nSPS) is 13.5. The zero-order valence-electron chi connectivity index (χ0n) is 17.6. The molecule has 3 aromatic rings. The van der Waals surface area contributed by atoms with Gasteiger partial charge in [-0.05, 0) is 48.1 Å². The molecule has 0 spiro atoms. The fourth-order valence-electron chi connectivity index (χ4n) is 3.19. The fourth-order valence-corrected chi connectivity index (χ4v) is 4.58. The molecule has 0 bridgehead atoms. The molecule has 0 atom stereocenters. The van der Waals surface area contributed by atoms with Gasteiger partial charge in [-0.2, -0.15) is 5.26 Å². The first kappa shape index (κ1) is 22.4. The number of hydrogen-bond acceptors (Lipinski definition) is 10. The van der Waals surface area contributed by atoms with Gasteiger partial charge in [0, 0.05) is 13.1 Å². The van der Waals surface area contributed by atoms with Gasteiger partial charge < -0.3 is 14.4 Å². The zero-order chi connectivity index (χ0) is 23.2. The Bertz CT molecular complexity index is 1220. The molecule has 2 aromatic heterocycles. The van der Waals surface area contributed by atoms with E-state index >= 15 is 0 Å². The zero-order valence-corrected chi connectivity index (χ0v) is 19.2. The summed E-state index contributed by atoms with van der Waals surface area (Å²) in [7, 11) is 1.44. The Balaban J connectivity index is 1.47. The molecule has 1 aromatic carbocycles. The van der Waals surface area contributed by atoms with E-state index in [-0.39, 0.29) is 11.3 Å². The average Bonchev–Trinajstić information content (AvgIpc) is 3.60. The predicted molar refractivity (Wildman–Crippen MR) is 126 cm³/mol. The van der Waals surface area contributed by atoms with Crippen LogP contribution in [0.4, 0.5) is 10.3 Å². The van der Waals surface area contributed by atoms with Gasteiger partial charge in [-0.3, -0.25) is 10.1 Å². The number of thiophene rings is 1. The number of carbonyl (C=O) groups excluding carboxylic acids is 2. The van der Waals surface area contributed by atoms with Gasteiger partial charge in [-0.15, -0.1) is 21.5 Å². The molecule has 1 fully saturated rings.